The van der Waals surface area contributed by atoms with Gasteiger partial charge in [-0.3, -0.25) is 9.59 Å². The summed E-state index contributed by atoms with van der Waals surface area (Å²) in [5.41, 5.74) is 0.366. The Morgan fingerprint density at radius 3 is 2.65 bits per heavy atom. The molecule has 0 bridgehead atoms. The van der Waals surface area contributed by atoms with Gasteiger partial charge in [0.15, 0.2) is 11.0 Å². The summed E-state index contributed by atoms with van der Waals surface area (Å²) in [7, 11) is 1.72. The van der Waals surface area contributed by atoms with Crippen LogP contribution in [0, 0.1) is 5.82 Å². The molecule has 2 N–H and O–H groups in total. The molecule has 1 heterocycles. The van der Waals surface area contributed by atoms with Crippen molar-refractivity contribution >= 4 is 52.5 Å². The van der Waals surface area contributed by atoms with Gasteiger partial charge in [0.25, 0.3) is 5.91 Å². The molecule has 1 aromatic heterocycles. The molecule has 7 nitrogen and oxygen atoms in total. The number of benzene rings is 2. The lowest BCUT2D eigenvalue weighted by Crippen LogP contribution is -2.29. The molecule has 0 saturated heterocycles. The average molecular weight is 482 g/mol. The maximum absolute atomic E-state index is 13.8. The third-order valence-electron chi connectivity index (χ3n) is 4.28. The number of rotatable bonds is 7. The van der Waals surface area contributed by atoms with Gasteiger partial charge in [-0.15, -0.1) is 10.2 Å². The fraction of sp³-hybridized carbons (Fsp3) is 0.200. The van der Waals surface area contributed by atoms with Gasteiger partial charge >= 0.3 is 0 Å². The number of nitrogens with zero attached hydrogens (tertiary/aromatic N) is 3. The highest BCUT2D eigenvalue weighted by Gasteiger charge is 2.20. The largest absolute Gasteiger partial charge is 0.342 e. The monoisotopic (exact) mass is 481 g/mol. The quantitative estimate of drug-likeness (QED) is 0.485. The summed E-state index contributed by atoms with van der Waals surface area (Å²) in [5, 5.41) is 14.6. The van der Waals surface area contributed by atoms with E-state index >= 15 is 0 Å². The Labute approximate surface area is 192 Å². The van der Waals surface area contributed by atoms with Crippen LogP contribution in [0.25, 0.3) is 0 Å². The van der Waals surface area contributed by atoms with E-state index in [1.807, 2.05) is 0 Å². The maximum atomic E-state index is 13.8. The summed E-state index contributed by atoms with van der Waals surface area (Å²) in [4.78, 5) is 24.6. The molecular weight excluding hydrogens is 464 g/mol. The number of hydrogen-bond acceptors (Lipinski definition) is 5. The Morgan fingerprint density at radius 2 is 1.90 bits per heavy atom. The zero-order valence-electron chi connectivity index (χ0n) is 16.5. The van der Waals surface area contributed by atoms with Crippen molar-refractivity contribution in [3.8, 4) is 0 Å². The van der Waals surface area contributed by atoms with Gasteiger partial charge in [-0.1, -0.05) is 53.2 Å². The highest BCUT2D eigenvalue weighted by atomic mass is 35.5. The number of carbonyl (C=O) groups is 2. The van der Waals surface area contributed by atoms with Crippen LogP contribution in [0.4, 0.5) is 10.1 Å². The molecule has 0 fully saturated rings. The lowest BCUT2D eigenvalue weighted by molar-refractivity contribution is -0.113. The van der Waals surface area contributed by atoms with Crippen LogP contribution in [0.1, 0.15) is 29.1 Å². The highest BCUT2D eigenvalue weighted by Crippen LogP contribution is 2.29. The molecule has 1 atom stereocenters. The molecule has 2 amide bonds. The fourth-order valence-corrected chi connectivity index (χ4v) is 3.80. The molecule has 0 aliphatic heterocycles. The molecule has 2 aromatic carbocycles. The number of hydrogen-bond donors (Lipinski definition) is 2. The second-order valence-corrected chi connectivity index (χ2v) is 8.24. The first kappa shape index (κ1) is 23.1. The summed E-state index contributed by atoms with van der Waals surface area (Å²) in [6, 6.07) is 10.2. The molecule has 31 heavy (non-hydrogen) atoms. The number of nitrogens with one attached hydrogen (secondary N) is 2. The van der Waals surface area contributed by atoms with Crippen molar-refractivity contribution < 1.29 is 14.0 Å². The standard InChI is InChI=1S/C20H18Cl2FN5O2S/c1-11(24-19(30)12-6-3-4-8-14(12)23)18-26-27-20(28(18)2)31-10-16(29)25-15-9-5-7-13(21)17(15)22/h3-9,11H,10H2,1-2H3,(H,24,30)(H,25,29)/t11-/m0/s1. The normalized spacial score (nSPS) is 11.8. The first-order chi connectivity index (χ1) is 14.8. The van der Waals surface area contributed by atoms with E-state index < -0.39 is 17.8 Å². The minimum atomic E-state index is -0.604. The van der Waals surface area contributed by atoms with E-state index in [0.29, 0.717) is 21.7 Å². The van der Waals surface area contributed by atoms with Crippen molar-refractivity contribution in [3.63, 3.8) is 0 Å². The van der Waals surface area contributed by atoms with Gasteiger partial charge in [-0.2, -0.15) is 0 Å². The molecule has 11 heteroatoms. The number of carbonyl (C=O) groups excluding carboxylic acids is 2. The fourth-order valence-electron chi connectivity index (χ4n) is 2.73. The predicted molar refractivity (Wildman–Crippen MR) is 119 cm³/mol. The molecule has 0 spiro atoms. The summed E-state index contributed by atoms with van der Waals surface area (Å²) in [5.74, 6) is -0.928. The molecule has 0 radical (unpaired) electrons. The third-order valence-corrected chi connectivity index (χ3v) is 6.12. The minimum absolute atomic E-state index is 0.0533. The van der Waals surface area contributed by atoms with Crippen molar-refractivity contribution in [1.29, 1.82) is 0 Å². The lowest BCUT2D eigenvalue weighted by atomic mass is 10.2. The van der Waals surface area contributed by atoms with E-state index in [9.17, 15) is 14.0 Å². The minimum Gasteiger partial charge on any atom is -0.342 e. The van der Waals surface area contributed by atoms with Crippen molar-refractivity contribution in [1.82, 2.24) is 20.1 Å². The van der Waals surface area contributed by atoms with Crippen LogP contribution in [0.2, 0.25) is 10.0 Å². The van der Waals surface area contributed by atoms with Crippen molar-refractivity contribution in [2.24, 2.45) is 7.05 Å². The average Bonchev–Trinajstić information content (AvgIpc) is 3.10. The van der Waals surface area contributed by atoms with Crippen LogP contribution in [-0.4, -0.2) is 32.3 Å². The van der Waals surface area contributed by atoms with Gasteiger partial charge in [-0.25, -0.2) is 4.39 Å². The van der Waals surface area contributed by atoms with Crippen molar-refractivity contribution in [2.45, 2.75) is 18.1 Å². The Morgan fingerprint density at radius 1 is 1.16 bits per heavy atom. The van der Waals surface area contributed by atoms with Crippen molar-refractivity contribution in [3.05, 3.63) is 69.7 Å². The Kier molecular flexibility index (Phi) is 7.53. The first-order valence-electron chi connectivity index (χ1n) is 9.09. The van der Waals surface area contributed by atoms with Gasteiger partial charge in [0.2, 0.25) is 5.91 Å². The number of aromatic nitrogens is 3. The van der Waals surface area contributed by atoms with E-state index in [1.54, 1.807) is 42.8 Å². The van der Waals surface area contributed by atoms with Crippen LogP contribution in [0.15, 0.2) is 47.6 Å². The van der Waals surface area contributed by atoms with Gasteiger partial charge in [-0.05, 0) is 31.2 Å². The number of anilines is 1. The third kappa shape index (κ3) is 5.55. The molecule has 0 aliphatic rings. The number of amides is 2. The second-order valence-electron chi connectivity index (χ2n) is 6.51. The molecule has 0 unspecified atom stereocenters. The van der Waals surface area contributed by atoms with Gasteiger partial charge < -0.3 is 15.2 Å². The molecule has 0 aliphatic carbocycles. The highest BCUT2D eigenvalue weighted by molar-refractivity contribution is 7.99. The number of halogens is 3. The molecule has 3 rings (SSSR count). The molecular formula is C20H18Cl2FN5O2S. The Bertz CT molecular complexity index is 1120. The first-order valence-corrected chi connectivity index (χ1v) is 10.8. The SMILES string of the molecule is C[C@H](NC(=O)c1ccccc1F)c1nnc(SCC(=O)Nc2cccc(Cl)c2Cl)n1C. The van der Waals surface area contributed by atoms with Crippen LogP contribution in [-0.2, 0) is 11.8 Å². The summed E-state index contributed by atoms with van der Waals surface area (Å²) in [6.45, 7) is 1.71. The Balaban J connectivity index is 1.60. The molecule has 0 saturated carbocycles. The van der Waals surface area contributed by atoms with E-state index in [1.165, 1.54) is 30.0 Å². The Hall–Kier alpha value is -2.62. The van der Waals surface area contributed by atoms with Crippen LogP contribution >= 0.6 is 35.0 Å². The van der Waals surface area contributed by atoms with Crippen molar-refractivity contribution in [2.75, 3.05) is 11.1 Å². The maximum Gasteiger partial charge on any atom is 0.254 e. The molecule has 3 aromatic rings. The second kappa shape index (κ2) is 10.1. The van der Waals surface area contributed by atoms with Crippen LogP contribution in [0.5, 0.6) is 0 Å². The van der Waals surface area contributed by atoms with Gasteiger partial charge in [0.05, 0.1) is 33.1 Å². The topological polar surface area (TPSA) is 88.9 Å². The van der Waals surface area contributed by atoms with Crippen LogP contribution < -0.4 is 10.6 Å². The van der Waals surface area contributed by atoms with Crippen LogP contribution in [0.3, 0.4) is 0 Å². The number of thioether (sulfide) groups is 1. The summed E-state index contributed by atoms with van der Waals surface area (Å²) in [6.07, 6.45) is 0. The van der Waals surface area contributed by atoms with Gasteiger partial charge in [0.1, 0.15) is 5.82 Å². The smallest absolute Gasteiger partial charge is 0.254 e. The van der Waals surface area contributed by atoms with Gasteiger partial charge in [0, 0.05) is 7.05 Å². The summed E-state index contributed by atoms with van der Waals surface area (Å²) >= 11 is 13.2. The zero-order valence-corrected chi connectivity index (χ0v) is 18.9. The predicted octanol–water partition coefficient (Wildman–Crippen LogP) is 4.48. The van der Waals surface area contributed by atoms with E-state index in [0.717, 1.165) is 0 Å². The van der Waals surface area contributed by atoms with E-state index in [2.05, 4.69) is 20.8 Å². The molecule has 162 valence electrons. The zero-order chi connectivity index (χ0) is 22.5. The van der Waals surface area contributed by atoms with E-state index in [4.69, 9.17) is 23.2 Å². The van der Waals surface area contributed by atoms with E-state index in [-0.39, 0.29) is 22.2 Å². The summed E-state index contributed by atoms with van der Waals surface area (Å²) < 4.78 is 15.5. The lowest BCUT2D eigenvalue weighted by Gasteiger charge is -2.14.